The van der Waals surface area contributed by atoms with Crippen LogP contribution < -0.4 is 4.74 Å². The van der Waals surface area contributed by atoms with Crippen molar-refractivity contribution in [1.82, 2.24) is 14.6 Å². The molecule has 0 fully saturated rings. The first-order valence-corrected chi connectivity index (χ1v) is 7.20. The number of ether oxygens (including phenoxy) is 2. The number of methoxy groups -OCH3 is 2. The summed E-state index contributed by atoms with van der Waals surface area (Å²) in [6.45, 7) is 0. The van der Waals surface area contributed by atoms with Crippen LogP contribution in [0.5, 0.6) is 5.75 Å². The standard InChI is InChI=1S/C15H12BrN3O3/c1-21-12-7-9(3-4-10(12)15(20)22-2)11-5-6-17-14-8-13(16)18-19(11)14/h3-8H,1-2H3. The van der Waals surface area contributed by atoms with Gasteiger partial charge in [-0.1, -0.05) is 6.07 Å². The fourth-order valence-electron chi connectivity index (χ4n) is 2.22. The smallest absolute Gasteiger partial charge is 0.341 e. The van der Waals surface area contributed by atoms with Crippen molar-refractivity contribution in [2.75, 3.05) is 14.2 Å². The molecule has 0 aliphatic heterocycles. The molecule has 7 heteroatoms. The lowest BCUT2D eigenvalue weighted by Gasteiger charge is -2.10. The number of aromatic nitrogens is 3. The number of benzene rings is 1. The summed E-state index contributed by atoms with van der Waals surface area (Å²) >= 11 is 3.34. The number of hydrogen-bond acceptors (Lipinski definition) is 5. The van der Waals surface area contributed by atoms with Gasteiger partial charge in [0.2, 0.25) is 0 Å². The van der Waals surface area contributed by atoms with Crippen LogP contribution in [0.25, 0.3) is 16.9 Å². The van der Waals surface area contributed by atoms with E-state index in [1.54, 1.807) is 22.8 Å². The third kappa shape index (κ3) is 2.43. The van der Waals surface area contributed by atoms with Gasteiger partial charge in [0.15, 0.2) is 5.65 Å². The summed E-state index contributed by atoms with van der Waals surface area (Å²) in [4.78, 5) is 16.0. The molecule has 0 aliphatic rings. The Morgan fingerprint density at radius 3 is 2.77 bits per heavy atom. The molecule has 0 saturated carbocycles. The lowest BCUT2D eigenvalue weighted by atomic mass is 10.1. The first-order chi connectivity index (χ1) is 10.6. The molecule has 0 N–H and O–H groups in total. The van der Waals surface area contributed by atoms with Crippen molar-refractivity contribution < 1.29 is 14.3 Å². The minimum absolute atomic E-state index is 0.376. The van der Waals surface area contributed by atoms with Gasteiger partial charge in [0.25, 0.3) is 0 Å². The van der Waals surface area contributed by atoms with E-state index < -0.39 is 5.97 Å². The van der Waals surface area contributed by atoms with E-state index in [1.807, 2.05) is 18.2 Å². The molecule has 22 heavy (non-hydrogen) atoms. The van der Waals surface area contributed by atoms with Crippen LogP contribution in [-0.4, -0.2) is 34.8 Å². The monoisotopic (exact) mass is 361 g/mol. The molecule has 6 nitrogen and oxygen atoms in total. The lowest BCUT2D eigenvalue weighted by molar-refractivity contribution is 0.0597. The zero-order chi connectivity index (χ0) is 15.7. The maximum atomic E-state index is 11.7. The average Bonchev–Trinajstić information content (AvgIpc) is 2.93. The second-order valence-electron chi connectivity index (χ2n) is 4.47. The van der Waals surface area contributed by atoms with Gasteiger partial charge in [0.1, 0.15) is 15.9 Å². The Bertz CT molecular complexity index is 860. The highest BCUT2D eigenvalue weighted by molar-refractivity contribution is 9.10. The molecule has 3 rings (SSSR count). The molecule has 0 saturated heterocycles. The van der Waals surface area contributed by atoms with Gasteiger partial charge in [-0.15, -0.1) is 0 Å². The topological polar surface area (TPSA) is 65.7 Å². The van der Waals surface area contributed by atoms with Crippen molar-refractivity contribution in [3.8, 4) is 17.0 Å². The Hall–Kier alpha value is -2.41. The van der Waals surface area contributed by atoms with E-state index in [2.05, 4.69) is 26.0 Å². The van der Waals surface area contributed by atoms with Gasteiger partial charge in [-0.05, 0) is 34.1 Å². The quantitative estimate of drug-likeness (QED) is 0.671. The maximum Gasteiger partial charge on any atom is 0.341 e. The minimum atomic E-state index is -0.440. The van der Waals surface area contributed by atoms with Gasteiger partial charge in [-0.3, -0.25) is 0 Å². The molecular weight excluding hydrogens is 350 g/mol. The molecule has 0 bridgehead atoms. The van der Waals surface area contributed by atoms with Gasteiger partial charge in [-0.2, -0.15) is 5.10 Å². The Morgan fingerprint density at radius 1 is 1.23 bits per heavy atom. The van der Waals surface area contributed by atoms with Crippen molar-refractivity contribution in [2.24, 2.45) is 0 Å². The zero-order valence-electron chi connectivity index (χ0n) is 11.9. The second-order valence-corrected chi connectivity index (χ2v) is 5.29. The normalized spacial score (nSPS) is 10.7. The summed E-state index contributed by atoms with van der Waals surface area (Å²) in [6.07, 6.45) is 1.71. The molecule has 1 aromatic carbocycles. The predicted octanol–water partition coefficient (Wildman–Crippen LogP) is 2.95. The van der Waals surface area contributed by atoms with Crippen molar-refractivity contribution in [1.29, 1.82) is 0 Å². The molecular formula is C15H12BrN3O3. The van der Waals surface area contributed by atoms with Gasteiger partial charge >= 0.3 is 5.97 Å². The van der Waals surface area contributed by atoms with Crippen LogP contribution in [0.1, 0.15) is 10.4 Å². The van der Waals surface area contributed by atoms with E-state index >= 15 is 0 Å². The molecule has 0 atom stereocenters. The average molecular weight is 362 g/mol. The molecule has 3 aromatic rings. The maximum absolute atomic E-state index is 11.7. The Balaban J connectivity index is 2.17. The highest BCUT2D eigenvalue weighted by Crippen LogP contribution is 2.28. The van der Waals surface area contributed by atoms with Gasteiger partial charge in [0, 0.05) is 17.8 Å². The number of carbonyl (C=O) groups excluding carboxylic acids is 1. The Kier molecular flexibility index (Phi) is 3.81. The van der Waals surface area contributed by atoms with E-state index in [1.165, 1.54) is 14.2 Å². The molecule has 0 aliphatic carbocycles. The number of carbonyl (C=O) groups is 1. The Morgan fingerprint density at radius 2 is 2.05 bits per heavy atom. The van der Waals surface area contributed by atoms with Gasteiger partial charge in [0.05, 0.1) is 19.9 Å². The zero-order valence-corrected chi connectivity index (χ0v) is 13.5. The van der Waals surface area contributed by atoms with E-state index in [9.17, 15) is 4.79 Å². The van der Waals surface area contributed by atoms with Crippen LogP contribution in [0, 0.1) is 0 Å². The fraction of sp³-hybridized carbons (Fsp3) is 0.133. The first-order valence-electron chi connectivity index (χ1n) is 6.41. The second kappa shape index (κ2) is 5.76. The summed E-state index contributed by atoms with van der Waals surface area (Å²) in [7, 11) is 2.85. The molecule has 0 spiro atoms. The predicted molar refractivity (Wildman–Crippen MR) is 84.0 cm³/mol. The van der Waals surface area contributed by atoms with E-state index in [-0.39, 0.29) is 0 Å². The van der Waals surface area contributed by atoms with E-state index in [0.717, 1.165) is 16.9 Å². The van der Waals surface area contributed by atoms with Crippen LogP contribution in [0.3, 0.4) is 0 Å². The number of rotatable bonds is 3. The molecule has 0 radical (unpaired) electrons. The number of nitrogens with zero attached hydrogens (tertiary/aromatic N) is 3. The first kappa shape index (κ1) is 14.5. The lowest BCUT2D eigenvalue weighted by Crippen LogP contribution is -2.04. The number of esters is 1. The number of hydrogen-bond donors (Lipinski definition) is 0. The van der Waals surface area contributed by atoms with Crippen LogP contribution in [-0.2, 0) is 4.74 Å². The van der Waals surface area contributed by atoms with E-state index in [4.69, 9.17) is 9.47 Å². The molecule has 0 amide bonds. The van der Waals surface area contributed by atoms with Crippen molar-refractivity contribution in [2.45, 2.75) is 0 Å². The third-order valence-corrected chi connectivity index (χ3v) is 3.62. The fourth-order valence-corrected chi connectivity index (χ4v) is 2.58. The van der Waals surface area contributed by atoms with Gasteiger partial charge in [-0.25, -0.2) is 14.3 Å². The molecule has 0 unspecified atom stereocenters. The Labute approximate surface area is 134 Å². The third-order valence-electron chi connectivity index (χ3n) is 3.23. The number of halogens is 1. The van der Waals surface area contributed by atoms with E-state index in [0.29, 0.717) is 15.9 Å². The van der Waals surface area contributed by atoms with Crippen LogP contribution in [0.4, 0.5) is 0 Å². The summed E-state index contributed by atoms with van der Waals surface area (Å²) in [5.74, 6) is 0.00522. The van der Waals surface area contributed by atoms with Crippen LogP contribution in [0.2, 0.25) is 0 Å². The SMILES string of the molecule is COC(=O)c1ccc(-c2ccnc3cc(Br)nn23)cc1OC. The summed E-state index contributed by atoms with van der Waals surface area (Å²) in [5.41, 5.74) is 2.79. The summed E-state index contributed by atoms with van der Waals surface area (Å²) < 4.78 is 12.5. The molecule has 2 heterocycles. The summed E-state index contributed by atoms with van der Waals surface area (Å²) in [6, 6.07) is 8.93. The highest BCUT2D eigenvalue weighted by atomic mass is 79.9. The van der Waals surface area contributed by atoms with Crippen LogP contribution in [0.15, 0.2) is 41.1 Å². The molecule has 2 aromatic heterocycles. The van der Waals surface area contributed by atoms with Crippen molar-refractivity contribution >= 4 is 27.5 Å². The molecule has 112 valence electrons. The van der Waals surface area contributed by atoms with Crippen LogP contribution >= 0.6 is 15.9 Å². The minimum Gasteiger partial charge on any atom is -0.496 e. The van der Waals surface area contributed by atoms with Crippen molar-refractivity contribution in [3.63, 3.8) is 0 Å². The van der Waals surface area contributed by atoms with Crippen molar-refractivity contribution in [3.05, 3.63) is 46.7 Å². The largest absolute Gasteiger partial charge is 0.496 e. The number of fused-ring (bicyclic) bond motifs is 1. The van der Waals surface area contributed by atoms with Gasteiger partial charge < -0.3 is 9.47 Å². The summed E-state index contributed by atoms with van der Waals surface area (Å²) in [5, 5.41) is 4.36. The highest BCUT2D eigenvalue weighted by Gasteiger charge is 2.15.